The predicted molar refractivity (Wildman–Crippen MR) is 119 cm³/mol. The Hall–Kier alpha value is -3.07. The van der Waals surface area contributed by atoms with E-state index in [1.807, 2.05) is 30.3 Å². The van der Waals surface area contributed by atoms with Gasteiger partial charge in [-0.05, 0) is 45.2 Å². The topological polar surface area (TPSA) is 110 Å². The van der Waals surface area contributed by atoms with Crippen molar-refractivity contribution in [3.05, 3.63) is 68.9 Å². The predicted octanol–water partition coefficient (Wildman–Crippen LogP) is 3.30. The first-order valence-electron chi connectivity index (χ1n) is 10.1. The average Bonchev–Trinajstić information content (AvgIpc) is 3.25. The first-order valence-corrected chi connectivity index (χ1v) is 11.0. The van der Waals surface area contributed by atoms with E-state index in [-0.39, 0.29) is 18.1 Å². The molecule has 164 valence electrons. The number of ketones is 1. The molecule has 0 aliphatic carbocycles. The van der Waals surface area contributed by atoms with Crippen molar-refractivity contribution >= 4 is 23.5 Å². The molecule has 31 heavy (non-hydrogen) atoms. The Morgan fingerprint density at radius 3 is 2.61 bits per heavy atom. The van der Waals surface area contributed by atoms with Crippen LogP contribution in [0.25, 0.3) is 0 Å². The highest BCUT2D eigenvalue weighted by Crippen LogP contribution is 2.26. The van der Waals surface area contributed by atoms with Gasteiger partial charge in [-0.2, -0.15) is 0 Å². The van der Waals surface area contributed by atoms with Gasteiger partial charge in [-0.3, -0.25) is 9.36 Å². The largest absolute Gasteiger partial charge is 0.462 e. The molecule has 3 rings (SSSR count). The normalized spacial score (nSPS) is 12.0. The first-order chi connectivity index (χ1) is 14.8. The number of hydrogen-bond donors (Lipinski definition) is 2. The number of Topliss-reactive ketones (excluding diaryl/α,β-unsaturated/α-hetero) is 1. The number of benzene rings is 1. The smallest absolute Gasteiger partial charge is 0.343 e. The highest BCUT2D eigenvalue weighted by molar-refractivity contribution is 8.00. The van der Waals surface area contributed by atoms with Crippen LogP contribution < -0.4 is 5.69 Å². The molecular weight excluding hydrogens is 416 g/mol. The van der Waals surface area contributed by atoms with Gasteiger partial charge in [-0.1, -0.05) is 42.1 Å². The van der Waals surface area contributed by atoms with Crippen LogP contribution in [-0.4, -0.2) is 43.4 Å². The Kier molecular flexibility index (Phi) is 7.17. The van der Waals surface area contributed by atoms with E-state index in [4.69, 9.17) is 4.74 Å². The molecule has 0 bridgehead atoms. The Morgan fingerprint density at radius 1 is 1.23 bits per heavy atom. The number of thioether (sulfide) groups is 1. The number of carbonyl (C=O) groups is 2. The second kappa shape index (κ2) is 9.82. The van der Waals surface area contributed by atoms with Gasteiger partial charge >= 0.3 is 11.7 Å². The summed E-state index contributed by atoms with van der Waals surface area (Å²) in [5.41, 5.74) is 2.72. The molecule has 0 spiro atoms. The number of nitrogens with one attached hydrogen (secondary N) is 2. The summed E-state index contributed by atoms with van der Waals surface area (Å²) in [7, 11) is 0. The van der Waals surface area contributed by atoms with Gasteiger partial charge in [0, 0.05) is 12.2 Å². The van der Waals surface area contributed by atoms with Gasteiger partial charge in [0.05, 0.1) is 23.1 Å². The van der Waals surface area contributed by atoms with Crippen LogP contribution >= 0.6 is 11.8 Å². The zero-order chi connectivity index (χ0) is 22.5. The molecule has 2 heterocycles. The number of H-pyrrole nitrogens is 2. The number of hydrogen-bond acceptors (Lipinski definition) is 6. The maximum atomic E-state index is 13.1. The number of aryl methyl sites for hydroxylation is 2. The highest BCUT2D eigenvalue weighted by atomic mass is 32.2. The molecule has 1 aromatic carbocycles. The molecule has 0 saturated heterocycles. The Labute approximate surface area is 184 Å². The summed E-state index contributed by atoms with van der Waals surface area (Å²) in [5, 5.41) is 6.50. The Balaban J connectivity index is 1.76. The minimum absolute atomic E-state index is 0.175. The third kappa shape index (κ3) is 4.99. The lowest BCUT2D eigenvalue weighted by molar-refractivity contribution is 0.0525. The van der Waals surface area contributed by atoms with Crippen LogP contribution in [-0.2, 0) is 17.7 Å². The molecular formula is C22H26N4O4S. The van der Waals surface area contributed by atoms with E-state index in [9.17, 15) is 14.4 Å². The molecule has 2 N–H and O–H groups in total. The van der Waals surface area contributed by atoms with E-state index in [0.29, 0.717) is 40.6 Å². The fraction of sp³-hybridized carbons (Fsp3) is 0.364. The molecule has 0 unspecified atom stereocenters. The molecule has 1 atom stereocenters. The zero-order valence-corrected chi connectivity index (χ0v) is 18.8. The van der Waals surface area contributed by atoms with Crippen molar-refractivity contribution in [2.75, 3.05) is 6.61 Å². The molecule has 0 radical (unpaired) electrons. The average molecular weight is 443 g/mol. The maximum absolute atomic E-state index is 13.1. The highest BCUT2D eigenvalue weighted by Gasteiger charge is 2.27. The van der Waals surface area contributed by atoms with Crippen LogP contribution in [0.3, 0.4) is 0 Å². The summed E-state index contributed by atoms with van der Waals surface area (Å²) in [6.07, 6.45) is 0.675. The molecule has 0 fully saturated rings. The van der Waals surface area contributed by atoms with Crippen LogP contribution in [0.5, 0.6) is 0 Å². The van der Waals surface area contributed by atoms with Gasteiger partial charge < -0.3 is 9.72 Å². The van der Waals surface area contributed by atoms with E-state index in [2.05, 4.69) is 15.2 Å². The summed E-state index contributed by atoms with van der Waals surface area (Å²) in [4.78, 5) is 40.5. The molecule has 0 amide bonds. The Bertz CT molecular complexity index is 1130. The van der Waals surface area contributed by atoms with Crippen molar-refractivity contribution in [2.45, 2.75) is 51.1 Å². The molecule has 8 nitrogen and oxygen atoms in total. The monoisotopic (exact) mass is 442 g/mol. The molecule has 0 saturated carbocycles. The Morgan fingerprint density at radius 2 is 1.94 bits per heavy atom. The second-order valence-electron chi connectivity index (χ2n) is 7.17. The number of esters is 1. The van der Waals surface area contributed by atoms with Crippen LogP contribution in [0.15, 0.2) is 40.3 Å². The third-order valence-electron chi connectivity index (χ3n) is 5.01. The number of carbonyl (C=O) groups excluding carboxylic acids is 2. The summed E-state index contributed by atoms with van der Waals surface area (Å²) in [5.74, 6) is -0.624. The summed E-state index contributed by atoms with van der Waals surface area (Å²) >= 11 is 1.21. The minimum Gasteiger partial charge on any atom is -0.462 e. The number of nitrogens with zero attached hydrogens (tertiary/aromatic N) is 2. The number of aromatic nitrogens is 4. The third-order valence-corrected chi connectivity index (χ3v) is 6.10. The van der Waals surface area contributed by atoms with Crippen LogP contribution in [0.1, 0.15) is 51.5 Å². The fourth-order valence-electron chi connectivity index (χ4n) is 3.40. The summed E-state index contributed by atoms with van der Waals surface area (Å²) in [6.45, 7) is 7.68. The lowest BCUT2D eigenvalue weighted by Gasteiger charge is -2.11. The SMILES string of the molecule is CCOC(=O)c1c(C)[nH]c(C(=O)[C@H](C)Sc2n[nH]c(=O)n2CCc2ccccc2)c1C. The summed E-state index contributed by atoms with van der Waals surface area (Å²) < 4.78 is 6.63. The number of rotatable bonds is 9. The lowest BCUT2D eigenvalue weighted by Crippen LogP contribution is -2.21. The van der Waals surface area contributed by atoms with E-state index in [1.165, 1.54) is 16.3 Å². The van der Waals surface area contributed by atoms with Gasteiger partial charge in [-0.25, -0.2) is 14.7 Å². The number of aromatic amines is 2. The van der Waals surface area contributed by atoms with Crippen molar-refractivity contribution in [1.82, 2.24) is 19.7 Å². The van der Waals surface area contributed by atoms with Crippen molar-refractivity contribution in [2.24, 2.45) is 0 Å². The van der Waals surface area contributed by atoms with Crippen molar-refractivity contribution < 1.29 is 14.3 Å². The quantitative estimate of drug-likeness (QED) is 0.299. The lowest BCUT2D eigenvalue weighted by atomic mass is 10.1. The van der Waals surface area contributed by atoms with Crippen LogP contribution in [0.4, 0.5) is 0 Å². The molecule has 3 aromatic rings. The van der Waals surface area contributed by atoms with Gasteiger partial charge in [0.15, 0.2) is 10.9 Å². The van der Waals surface area contributed by atoms with E-state index >= 15 is 0 Å². The zero-order valence-electron chi connectivity index (χ0n) is 18.0. The van der Waals surface area contributed by atoms with Gasteiger partial charge in [0.25, 0.3) is 0 Å². The van der Waals surface area contributed by atoms with Crippen molar-refractivity contribution in [3.8, 4) is 0 Å². The standard InChI is InChI=1S/C22H26N4O4S/c1-5-30-20(28)17-13(2)18(23-14(17)3)19(27)15(4)31-22-25-24-21(29)26(22)12-11-16-9-7-6-8-10-16/h6-10,15,23H,5,11-12H2,1-4H3,(H,24,29)/t15-/m0/s1. The second-order valence-corrected chi connectivity index (χ2v) is 8.48. The van der Waals surface area contributed by atoms with Crippen molar-refractivity contribution in [3.63, 3.8) is 0 Å². The van der Waals surface area contributed by atoms with Crippen LogP contribution in [0, 0.1) is 13.8 Å². The van der Waals surface area contributed by atoms with E-state index in [1.54, 1.807) is 27.7 Å². The molecule has 9 heteroatoms. The van der Waals surface area contributed by atoms with Gasteiger partial charge in [-0.15, -0.1) is 5.10 Å². The minimum atomic E-state index is -0.516. The van der Waals surface area contributed by atoms with Crippen molar-refractivity contribution in [1.29, 1.82) is 0 Å². The summed E-state index contributed by atoms with van der Waals surface area (Å²) in [6, 6.07) is 9.85. The number of ether oxygens (including phenoxy) is 1. The van der Waals surface area contributed by atoms with E-state index in [0.717, 1.165) is 5.56 Å². The maximum Gasteiger partial charge on any atom is 0.343 e. The molecule has 0 aliphatic rings. The first kappa shape index (κ1) is 22.6. The fourth-order valence-corrected chi connectivity index (χ4v) is 4.34. The molecule has 0 aliphatic heterocycles. The molecule has 2 aromatic heterocycles. The van der Waals surface area contributed by atoms with E-state index < -0.39 is 11.2 Å². The van der Waals surface area contributed by atoms with Gasteiger partial charge in [0.2, 0.25) is 0 Å². The van der Waals surface area contributed by atoms with Crippen LogP contribution in [0.2, 0.25) is 0 Å². The van der Waals surface area contributed by atoms with Gasteiger partial charge in [0.1, 0.15) is 0 Å².